The van der Waals surface area contributed by atoms with Gasteiger partial charge in [0.05, 0.1) is 18.7 Å². The van der Waals surface area contributed by atoms with Crippen LogP contribution in [0, 0.1) is 0 Å². The first-order valence-electron chi connectivity index (χ1n) is 7.75. The first kappa shape index (κ1) is 22.2. The quantitative estimate of drug-likeness (QED) is 0.624. The van der Waals surface area contributed by atoms with Crippen LogP contribution >= 0.6 is 0 Å². The van der Waals surface area contributed by atoms with Gasteiger partial charge in [0.25, 0.3) is 0 Å². The number of carbonyl (C=O) groups excluding carboxylic acids is 2. The number of carboxylic acids is 1. The van der Waals surface area contributed by atoms with Gasteiger partial charge in [-0.2, -0.15) is 13.2 Å². The molecule has 0 heterocycles. The number of rotatable bonds is 9. The summed E-state index contributed by atoms with van der Waals surface area (Å²) in [4.78, 5) is 35.4. The third-order valence-corrected chi connectivity index (χ3v) is 3.32. The molecule has 10 heteroatoms. The van der Waals surface area contributed by atoms with Gasteiger partial charge in [-0.1, -0.05) is 12.1 Å². The Kier molecular flexibility index (Phi) is 8.46. The van der Waals surface area contributed by atoms with Crippen LogP contribution < -0.4 is 5.32 Å². The molecule has 0 spiro atoms. The topological polar surface area (TPSA) is 95.9 Å². The molecule has 1 aromatic rings. The average Bonchev–Trinajstić information content (AvgIpc) is 2.60. The van der Waals surface area contributed by atoms with Crippen molar-refractivity contribution < 1.29 is 37.4 Å². The molecular weight excluding hydrogens is 369 g/mol. The number of alkyl halides is 3. The maximum atomic E-state index is 12.5. The fourth-order valence-corrected chi connectivity index (χ4v) is 1.95. The molecule has 2 N–H and O–H groups in total. The summed E-state index contributed by atoms with van der Waals surface area (Å²) in [6, 6.07) is 4.19. The van der Waals surface area contributed by atoms with E-state index in [4.69, 9.17) is 9.84 Å². The summed E-state index contributed by atoms with van der Waals surface area (Å²) < 4.78 is 42.2. The van der Waals surface area contributed by atoms with Crippen molar-refractivity contribution in [1.82, 2.24) is 10.2 Å². The largest absolute Gasteiger partial charge is 0.480 e. The van der Waals surface area contributed by atoms with Crippen LogP contribution in [0.5, 0.6) is 0 Å². The normalized spacial score (nSPS) is 11.4. The molecule has 0 aromatic heterocycles. The number of amides is 2. The van der Waals surface area contributed by atoms with Gasteiger partial charge in [-0.15, -0.1) is 0 Å². The summed E-state index contributed by atoms with van der Waals surface area (Å²) in [7, 11) is 1.40. The van der Waals surface area contributed by atoms with Crippen molar-refractivity contribution in [2.45, 2.75) is 6.18 Å². The van der Waals surface area contributed by atoms with Gasteiger partial charge in [0, 0.05) is 19.7 Å². The smallest absolute Gasteiger partial charge is 0.416 e. The summed E-state index contributed by atoms with van der Waals surface area (Å²) in [6.45, 7) is -0.758. The van der Waals surface area contributed by atoms with Gasteiger partial charge in [0.15, 0.2) is 0 Å². The molecule has 0 fully saturated rings. The molecule has 0 bridgehead atoms. The van der Waals surface area contributed by atoms with Crippen LogP contribution in [0.15, 0.2) is 30.3 Å². The minimum absolute atomic E-state index is 0.0545. The van der Waals surface area contributed by atoms with Gasteiger partial charge in [0.2, 0.25) is 11.8 Å². The van der Waals surface area contributed by atoms with Crippen molar-refractivity contribution >= 4 is 23.9 Å². The number of aliphatic carboxylic acids is 1. The highest BCUT2D eigenvalue weighted by Crippen LogP contribution is 2.29. The Morgan fingerprint density at radius 2 is 1.85 bits per heavy atom. The van der Waals surface area contributed by atoms with Crippen molar-refractivity contribution in [3.63, 3.8) is 0 Å². The zero-order chi connectivity index (χ0) is 20.4. The van der Waals surface area contributed by atoms with Gasteiger partial charge in [-0.25, -0.2) is 0 Å². The molecule has 1 aromatic carbocycles. The molecule has 148 valence electrons. The van der Waals surface area contributed by atoms with Crippen LogP contribution in [0.4, 0.5) is 13.2 Å². The van der Waals surface area contributed by atoms with Crippen molar-refractivity contribution in [1.29, 1.82) is 0 Å². The number of hydrogen-bond donors (Lipinski definition) is 2. The van der Waals surface area contributed by atoms with E-state index in [1.165, 1.54) is 25.3 Å². The van der Waals surface area contributed by atoms with Gasteiger partial charge < -0.3 is 20.1 Å². The van der Waals surface area contributed by atoms with E-state index in [9.17, 15) is 27.6 Å². The predicted molar refractivity (Wildman–Crippen MR) is 89.6 cm³/mol. The number of methoxy groups -OCH3 is 1. The van der Waals surface area contributed by atoms with E-state index in [1.54, 1.807) is 0 Å². The summed E-state index contributed by atoms with van der Waals surface area (Å²) >= 11 is 0. The zero-order valence-corrected chi connectivity index (χ0v) is 14.5. The minimum Gasteiger partial charge on any atom is -0.480 e. The van der Waals surface area contributed by atoms with E-state index in [-0.39, 0.29) is 13.2 Å². The molecule has 0 saturated heterocycles. The second kappa shape index (κ2) is 10.3. The Hall–Kier alpha value is -2.88. The predicted octanol–water partition coefficient (Wildman–Crippen LogP) is 1.39. The summed E-state index contributed by atoms with van der Waals surface area (Å²) in [6.07, 6.45) is -2.09. The van der Waals surface area contributed by atoms with E-state index >= 15 is 0 Å². The Morgan fingerprint density at radius 1 is 1.22 bits per heavy atom. The lowest BCUT2D eigenvalue weighted by atomic mass is 10.1. The van der Waals surface area contributed by atoms with Crippen LogP contribution in [-0.2, 0) is 25.3 Å². The molecule has 27 heavy (non-hydrogen) atoms. The van der Waals surface area contributed by atoms with Crippen LogP contribution in [0.3, 0.4) is 0 Å². The van der Waals surface area contributed by atoms with E-state index in [1.807, 2.05) is 0 Å². The van der Waals surface area contributed by atoms with Crippen molar-refractivity contribution in [2.75, 3.05) is 33.4 Å². The fourth-order valence-electron chi connectivity index (χ4n) is 1.95. The molecule has 0 unspecified atom stereocenters. The number of hydrogen-bond acceptors (Lipinski definition) is 4. The number of ether oxygens (including phenoxy) is 1. The van der Waals surface area contributed by atoms with Crippen molar-refractivity contribution in [3.8, 4) is 0 Å². The third-order valence-electron chi connectivity index (χ3n) is 3.32. The monoisotopic (exact) mass is 388 g/mol. The van der Waals surface area contributed by atoms with E-state index in [0.29, 0.717) is 5.56 Å². The maximum Gasteiger partial charge on any atom is 0.416 e. The Morgan fingerprint density at radius 3 is 2.37 bits per heavy atom. The SMILES string of the molecule is COCCN(CC(=O)O)C(=O)CNC(=O)/C=C/c1ccc(C(F)(F)F)cc1. The molecule has 0 saturated carbocycles. The number of nitrogens with zero attached hydrogens (tertiary/aromatic N) is 1. The van der Waals surface area contributed by atoms with Gasteiger partial charge in [-0.05, 0) is 23.8 Å². The third kappa shape index (κ3) is 8.36. The molecule has 0 aliphatic rings. The Balaban J connectivity index is 2.56. The maximum absolute atomic E-state index is 12.5. The molecule has 0 aliphatic carbocycles. The second-order valence-corrected chi connectivity index (χ2v) is 5.37. The zero-order valence-electron chi connectivity index (χ0n) is 14.5. The molecule has 0 radical (unpaired) electrons. The number of halogens is 3. The number of nitrogens with one attached hydrogen (secondary N) is 1. The number of carbonyl (C=O) groups is 3. The van der Waals surface area contributed by atoms with Gasteiger partial charge >= 0.3 is 12.1 Å². The van der Waals surface area contributed by atoms with Crippen LogP contribution in [-0.4, -0.2) is 61.1 Å². The fraction of sp³-hybridized carbons (Fsp3) is 0.353. The van der Waals surface area contributed by atoms with Gasteiger partial charge in [0.1, 0.15) is 6.54 Å². The van der Waals surface area contributed by atoms with Crippen molar-refractivity contribution in [2.24, 2.45) is 0 Å². The standard InChI is InChI=1S/C17H19F3N2O5/c1-27-9-8-22(11-16(25)26)15(24)10-21-14(23)7-4-12-2-5-13(6-3-12)17(18,19)20/h2-7H,8-11H2,1H3,(H,21,23)(H,25,26)/b7-4+. The molecule has 0 atom stereocenters. The number of carboxylic acid groups (broad SMARTS) is 1. The molecular formula is C17H19F3N2O5. The molecule has 1 rings (SSSR count). The average molecular weight is 388 g/mol. The lowest BCUT2D eigenvalue weighted by Crippen LogP contribution is -2.43. The lowest BCUT2D eigenvalue weighted by molar-refractivity contribution is -0.144. The highest BCUT2D eigenvalue weighted by Gasteiger charge is 2.29. The van der Waals surface area contributed by atoms with E-state index in [2.05, 4.69) is 5.32 Å². The van der Waals surface area contributed by atoms with Crippen molar-refractivity contribution in [3.05, 3.63) is 41.5 Å². The highest BCUT2D eigenvalue weighted by atomic mass is 19.4. The Bertz CT molecular complexity index is 687. The first-order chi connectivity index (χ1) is 12.6. The van der Waals surface area contributed by atoms with E-state index < -0.39 is 42.6 Å². The summed E-state index contributed by atoms with van der Waals surface area (Å²) in [5, 5.41) is 11.1. The number of benzene rings is 1. The Labute approximate surface area is 153 Å². The summed E-state index contributed by atoms with van der Waals surface area (Å²) in [5.74, 6) is -2.45. The molecule has 0 aliphatic heterocycles. The van der Waals surface area contributed by atoms with Gasteiger partial charge in [-0.3, -0.25) is 14.4 Å². The molecule has 7 nitrogen and oxygen atoms in total. The van der Waals surface area contributed by atoms with E-state index in [0.717, 1.165) is 23.1 Å². The van der Waals surface area contributed by atoms with Crippen LogP contribution in [0.2, 0.25) is 0 Å². The van der Waals surface area contributed by atoms with Crippen LogP contribution in [0.25, 0.3) is 6.08 Å². The van der Waals surface area contributed by atoms with Crippen LogP contribution in [0.1, 0.15) is 11.1 Å². The summed E-state index contributed by atoms with van der Waals surface area (Å²) in [5.41, 5.74) is -0.429. The minimum atomic E-state index is -4.44. The lowest BCUT2D eigenvalue weighted by Gasteiger charge is -2.20. The first-order valence-corrected chi connectivity index (χ1v) is 7.75. The highest BCUT2D eigenvalue weighted by molar-refractivity contribution is 5.94. The molecule has 2 amide bonds. The second-order valence-electron chi connectivity index (χ2n) is 5.37.